The highest BCUT2D eigenvalue weighted by Crippen LogP contribution is 2.08. The topological polar surface area (TPSA) is 78.9 Å². The van der Waals surface area contributed by atoms with Gasteiger partial charge in [0, 0.05) is 18.7 Å². The normalized spacial score (nSPS) is 9.87. The number of carbonyl (C=O) groups is 1. The first-order valence-corrected chi connectivity index (χ1v) is 4.79. The molecule has 1 heterocycles. The van der Waals surface area contributed by atoms with Crippen LogP contribution in [0, 0.1) is 18.3 Å². The summed E-state index contributed by atoms with van der Waals surface area (Å²) in [5, 5.41) is 21.1. The molecule has 0 radical (unpaired) electrons. The molecule has 0 saturated carbocycles. The molecule has 15 heavy (non-hydrogen) atoms. The fraction of sp³-hybridized carbons (Fsp3) is 0.500. The van der Waals surface area contributed by atoms with E-state index in [-0.39, 0.29) is 5.56 Å². The third kappa shape index (κ3) is 2.81. The number of hydrogen-bond acceptors (Lipinski definition) is 3. The molecule has 5 nitrogen and oxygen atoms in total. The van der Waals surface area contributed by atoms with E-state index in [0.717, 1.165) is 12.8 Å². The minimum atomic E-state index is -0.948. The number of aromatic carboxylic acids is 1. The van der Waals surface area contributed by atoms with E-state index in [4.69, 9.17) is 10.4 Å². The predicted molar refractivity (Wildman–Crippen MR) is 53.4 cm³/mol. The van der Waals surface area contributed by atoms with Crippen LogP contribution in [0.15, 0.2) is 6.20 Å². The Morgan fingerprint density at radius 1 is 1.67 bits per heavy atom. The zero-order valence-electron chi connectivity index (χ0n) is 8.60. The van der Waals surface area contributed by atoms with Crippen LogP contribution in [0.5, 0.6) is 0 Å². The van der Waals surface area contributed by atoms with Crippen molar-refractivity contribution in [1.29, 1.82) is 5.26 Å². The number of aromatic nitrogens is 2. The van der Waals surface area contributed by atoms with Crippen LogP contribution >= 0.6 is 0 Å². The van der Waals surface area contributed by atoms with Gasteiger partial charge >= 0.3 is 5.97 Å². The lowest BCUT2D eigenvalue weighted by molar-refractivity contribution is 0.0696. The lowest BCUT2D eigenvalue weighted by Crippen LogP contribution is -2.04. The monoisotopic (exact) mass is 207 g/mol. The van der Waals surface area contributed by atoms with Gasteiger partial charge in [0.05, 0.1) is 12.3 Å². The molecular formula is C10H13N3O2. The SMILES string of the molecule is Cc1c(C(=O)O)cnn1CCCCC#N. The van der Waals surface area contributed by atoms with Crippen molar-refractivity contribution in [3.05, 3.63) is 17.5 Å². The minimum Gasteiger partial charge on any atom is -0.478 e. The molecule has 1 rings (SSSR count). The molecule has 0 unspecified atom stereocenters. The molecule has 5 heteroatoms. The van der Waals surface area contributed by atoms with Gasteiger partial charge in [-0.3, -0.25) is 4.68 Å². The molecule has 0 atom stereocenters. The molecule has 1 aromatic heterocycles. The van der Waals surface area contributed by atoms with E-state index < -0.39 is 5.97 Å². The molecule has 1 N–H and O–H groups in total. The maximum atomic E-state index is 10.7. The number of unbranched alkanes of at least 4 members (excludes halogenated alkanes) is 2. The Kier molecular flexibility index (Phi) is 3.86. The fourth-order valence-corrected chi connectivity index (χ4v) is 1.35. The number of nitriles is 1. The summed E-state index contributed by atoms with van der Waals surface area (Å²) in [6.07, 6.45) is 3.56. The lowest BCUT2D eigenvalue weighted by atomic mass is 10.2. The van der Waals surface area contributed by atoms with E-state index in [1.807, 2.05) is 0 Å². The third-order valence-corrected chi connectivity index (χ3v) is 2.24. The van der Waals surface area contributed by atoms with Crippen LogP contribution in [0.3, 0.4) is 0 Å². The Morgan fingerprint density at radius 2 is 2.40 bits per heavy atom. The van der Waals surface area contributed by atoms with Crippen molar-refractivity contribution in [2.24, 2.45) is 0 Å². The Balaban J connectivity index is 2.56. The Bertz CT molecular complexity index is 390. The number of carboxylic acids is 1. The van der Waals surface area contributed by atoms with Crippen molar-refractivity contribution in [3.8, 4) is 6.07 Å². The minimum absolute atomic E-state index is 0.246. The van der Waals surface area contributed by atoms with Crippen LogP contribution in [0.25, 0.3) is 0 Å². The summed E-state index contributed by atoms with van der Waals surface area (Å²) in [4.78, 5) is 10.7. The summed E-state index contributed by atoms with van der Waals surface area (Å²) in [5.74, 6) is -0.948. The van der Waals surface area contributed by atoms with Gasteiger partial charge in [0.2, 0.25) is 0 Å². The number of carboxylic acid groups (broad SMARTS) is 1. The van der Waals surface area contributed by atoms with Crippen LogP contribution in [0.4, 0.5) is 0 Å². The number of aryl methyl sites for hydroxylation is 1. The molecule has 0 aliphatic carbocycles. The molecule has 0 aliphatic heterocycles. The zero-order valence-corrected chi connectivity index (χ0v) is 8.60. The molecule has 0 aromatic carbocycles. The van der Waals surface area contributed by atoms with E-state index in [1.54, 1.807) is 11.6 Å². The van der Waals surface area contributed by atoms with Crippen LogP contribution in [-0.2, 0) is 6.54 Å². The van der Waals surface area contributed by atoms with Crippen LogP contribution in [-0.4, -0.2) is 20.9 Å². The van der Waals surface area contributed by atoms with Crippen LogP contribution < -0.4 is 0 Å². The predicted octanol–water partition coefficient (Wildman–Crippen LogP) is 1.58. The Labute approximate surface area is 87.9 Å². The maximum Gasteiger partial charge on any atom is 0.339 e. The van der Waals surface area contributed by atoms with Crippen molar-refractivity contribution in [2.75, 3.05) is 0 Å². The van der Waals surface area contributed by atoms with Crippen molar-refractivity contribution >= 4 is 5.97 Å². The molecule has 0 saturated heterocycles. The van der Waals surface area contributed by atoms with E-state index in [9.17, 15) is 4.79 Å². The molecule has 0 spiro atoms. The van der Waals surface area contributed by atoms with Gasteiger partial charge < -0.3 is 5.11 Å². The fourth-order valence-electron chi connectivity index (χ4n) is 1.35. The van der Waals surface area contributed by atoms with Gasteiger partial charge in [-0.15, -0.1) is 0 Å². The second-order valence-corrected chi connectivity index (χ2v) is 3.29. The van der Waals surface area contributed by atoms with Crippen molar-refractivity contribution in [2.45, 2.75) is 32.7 Å². The largest absolute Gasteiger partial charge is 0.478 e. The van der Waals surface area contributed by atoms with Crippen LogP contribution in [0.2, 0.25) is 0 Å². The molecule has 80 valence electrons. The maximum absolute atomic E-state index is 10.7. The first-order valence-electron chi connectivity index (χ1n) is 4.79. The van der Waals surface area contributed by atoms with Gasteiger partial charge in [-0.2, -0.15) is 10.4 Å². The second kappa shape index (κ2) is 5.15. The van der Waals surface area contributed by atoms with Gasteiger partial charge in [0.1, 0.15) is 5.56 Å². The molecule has 0 amide bonds. The lowest BCUT2D eigenvalue weighted by Gasteiger charge is -2.02. The number of rotatable bonds is 5. The van der Waals surface area contributed by atoms with Crippen molar-refractivity contribution in [1.82, 2.24) is 9.78 Å². The second-order valence-electron chi connectivity index (χ2n) is 3.29. The summed E-state index contributed by atoms with van der Waals surface area (Å²) >= 11 is 0. The highest BCUT2D eigenvalue weighted by molar-refractivity contribution is 5.88. The summed E-state index contributed by atoms with van der Waals surface area (Å²) in [7, 11) is 0. The number of nitrogens with zero attached hydrogens (tertiary/aromatic N) is 3. The average Bonchev–Trinajstić information content (AvgIpc) is 2.55. The highest BCUT2D eigenvalue weighted by atomic mass is 16.4. The third-order valence-electron chi connectivity index (χ3n) is 2.24. The van der Waals surface area contributed by atoms with E-state index in [0.29, 0.717) is 18.7 Å². The Hall–Kier alpha value is -1.83. The Morgan fingerprint density at radius 3 is 2.93 bits per heavy atom. The van der Waals surface area contributed by atoms with E-state index >= 15 is 0 Å². The van der Waals surface area contributed by atoms with Gasteiger partial charge in [-0.1, -0.05) is 0 Å². The van der Waals surface area contributed by atoms with Crippen LogP contribution in [0.1, 0.15) is 35.3 Å². The smallest absolute Gasteiger partial charge is 0.339 e. The molecule has 0 aliphatic rings. The van der Waals surface area contributed by atoms with Crippen molar-refractivity contribution in [3.63, 3.8) is 0 Å². The van der Waals surface area contributed by atoms with Gasteiger partial charge in [0.25, 0.3) is 0 Å². The first kappa shape index (κ1) is 11.2. The average molecular weight is 207 g/mol. The summed E-state index contributed by atoms with van der Waals surface area (Å²) in [6, 6.07) is 2.07. The standard InChI is InChI=1S/C10H13N3O2/c1-8-9(10(14)15)7-12-13(8)6-4-2-3-5-11/h7H,2-4,6H2,1H3,(H,14,15). The van der Waals surface area contributed by atoms with Gasteiger partial charge in [0.15, 0.2) is 0 Å². The van der Waals surface area contributed by atoms with E-state index in [2.05, 4.69) is 11.2 Å². The summed E-state index contributed by atoms with van der Waals surface area (Å²) < 4.78 is 1.67. The number of hydrogen-bond donors (Lipinski definition) is 1. The van der Waals surface area contributed by atoms with Gasteiger partial charge in [-0.05, 0) is 19.8 Å². The van der Waals surface area contributed by atoms with Gasteiger partial charge in [-0.25, -0.2) is 4.79 Å². The van der Waals surface area contributed by atoms with E-state index in [1.165, 1.54) is 6.20 Å². The first-order chi connectivity index (χ1) is 7.16. The molecule has 0 fully saturated rings. The zero-order chi connectivity index (χ0) is 11.3. The molecule has 0 bridgehead atoms. The summed E-state index contributed by atoms with van der Waals surface area (Å²) in [5.41, 5.74) is 0.912. The highest BCUT2D eigenvalue weighted by Gasteiger charge is 2.11. The molecule has 1 aromatic rings. The molecular weight excluding hydrogens is 194 g/mol. The summed E-state index contributed by atoms with van der Waals surface area (Å²) in [6.45, 7) is 2.40. The van der Waals surface area contributed by atoms with Crippen molar-refractivity contribution < 1.29 is 9.90 Å². The quantitative estimate of drug-likeness (QED) is 0.743.